The Hall–Kier alpha value is -1.81. The molecule has 5 heteroatoms. The number of aryl methyl sites for hydroxylation is 2. The van der Waals surface area contributed by atoms with E-state index in [1.165, 1.54) is 0 Å². The number of halogens is 1. The fourth-order valence-electron chi connectivity index (χ4n) is 2.13. The van der Waals surface area contributed by atoms with Gasteiger partial charge in [-0.2, -0.15) is 0 Å². The van der Waals surface area contributed by atoms with Crippen molar-refractivity contribution in [2.24, 2.45) is 0 Å². The quantitative estimate of drug-likeness (QED) is 0.858. The molecule has 1 aromatic heterocycles. The highest BCUT2D eigenvalue weighted by Gasteiger charge is 2.13. The van der Waals surface area contributed by atoms with Crippen LogP contribution in [-0.4, -0.2) is 9.55 Å². The third kappa shape index (κ3) is 2.36. The van der Waals surface area contributed by atoms with Crippen LogP contribution in [0.25, 0.3) is 5.69 Å². The predicted octanol–water partition coefficient (Wildman–Crippen LogP) is 2.36. The van der Waals surface area contributed by atoms with E-state index in [1.54, 1.807) is 6.07 Å². The molecule has 1 aromatic carbocycles. The van der Waals surface area contributed by atoms with Crippen LogP contribution in [0.2, 0.25) is 5.15 Å². The van der Waals surface area contributed by atoms with Crippen molar-refractivity contribution in [3.05, 3.63) is 60.9 Å². The maximum Gasteiger partial charge on any atom is 0.334 e. The summed E-state index contributed by atoms with van der Waals surface area (Å²) in [6.45, 7) is 5.66. The van der Waals surface area contributed by atoms with Gasteiger partial charge in [-0.25, -0.2) is 9.36 Å². The number of hydrogen-bond acceptors (Lipinski definition) is 2. The Morgan fingerprint density at radius 2 is 1.95 bits per heavy atom. The molecular formula is C14H15ClN2O2. The lowest BCUT2D eigenvalue weighted by atomic mass is 10.1. The van der Waals surface area contributed by atoms with Crippen LogP contribution in [0.5, 0.6) is 0 Å². The molecule has 4 nitrogen and oxygen atoms in total. The maximum atomic E-state index is 12.3. The van der Waals surface area contributed by atoms with Gasteiger partial charge < -0.3 is 0 Å². The van der Waals surface area contributed by atoms with E-state index in [0.29, 0.717) is 17.7 Å². The molecule has 0 aliphatic carbocycles. The van der Waals surface area contributed by atoms with Crippen LogP contribution in [0.3, 0.4) is 0 Å². The van der Waals surface area contributed by atoms with Crippen LogP contribution >= 0.6 is 11.6 Å². The van der Waals surface area contributed by atoms with Crippen LogP contribution in [0, 0.1) is 13.8 Å². The van der Waals surface area contributed by atoms with E-state index in [0.717, 1.165) is 15.7 Å². The Bertz CT molecular complexity index is 744. The molecule has 0 unspecified atom stereocenters. The lowest BCUT2D eigenvalue weighted by Gasteiger charge is -2.11. The molecule has 1 heterocycles. The summed E-state index contributed by atoms with van der Waals surface area (Å²) in [7, 11) is 0. The Kier molecular flexibility index (Phi) is 3.62. The fourth-order valence-corrected chi connectivity index (χ4v) is 2.42. The molecule has 0 saturated heterocycles. The van der Waals surface area contributed by atoms with Crippen molar-refractivity contribution in [2.75, 3.05) is 0 Å². The molecule has 0 fully saturated rings. The van der Waals surface area contributed by atoms with Gasteiger partial charge in [0, 0.05) is 0 Å². The van der Waals surface area contributed by atoms with E-state index >= 15 is 0 Å². The summed E-state index contributed by atoms with van der Waals surface area (Å²) in [4.78, 5) is 26.8. The number of benzene rings is 1. The average molecular weight is 279 g/mol. The van der Waals surface area contributed by atoms with Crippen LogP contribution in [0.4, 0.5) is 0 Å². The maximum absolute atomic E-state index is 12.3. The second-order valence-corrected chi connectivity index (χ2v) is 4.88. The summed E-state index contributed by atoms with van der Waals surface area (Å²) in [5.74, 6) is 0. The third-order valence-corrected chi connectivity index (χ3v) is 3.42. The highest BCUT2D eigenvalue weighted by molar-refractivity contribution is 6.30. The summed E-state index contributed by atoms with van der Waals surface area (Å²) >= 11 is 5.89. The third-order valence-electron chi connectivity index (χ3n) is 3.09. The average Bonchev–Trinajstić information content (AvgIpc) is 2.31. The molecule has 2 rings (SSSR count). The number of nitrogens with one attached hydrogen (secondary N) is 1. The van der Waals surface area contributed by atoms with Gasteiger partial charge in [0.25, 0.3) is 5.56 Å². The van der Waals surface area contributed by atoms with Crippen LogP contribution in [0.15, 0.2) is 27.8 Å². The molecule has 0 aliphatic heterocycles. The fraction of sp³-hybridized carbons (Fsp3) is 0.286. The van der Waals surface area contributed by atoms with E-state index in [1.807, 2.05) is 32.9 Å². The van der Waals surface area contributed by atoms with Crippen LogP contribution in [0.1, 0.15) is 23.6 Å². The van der Waals surface area contributed by atoms with Crippen molar-refractivity contribution < 1.29 is 0 Å². The zero-order valence-electron chi connectivity index (χ0n) is 11.1. The summed E-state index contributed by atoms with van der Waals surface area (Å²) < 4.78 is 1.14. The Balaban J connectivity index is 2.83. The zero-order chi connectivity index (χ0) is 14.2. The number of aromatic nitrogens is 2. The molecule has 0 saturated carbocycles. The predicted molar refractivity (Wildman–Crippen MR) is 76.5 cm³/mol. The SMILES string of the molecule is CCc1c(Cl)[nH]c(=O)n(-c2ccc(C)cc2C)c1=O. The lowest BCUT2D eigenvalue weighted by Crippen LogP contribution is -2.36. The Morgan fingerprint density at radius 1 is 1.26 bits per heavy atom. The van der Waals surface area contributed by atoms with Gasteiger partial charge in [-0.05, 0) is 31.9 Å². The van der Waals surface area contributed by atoms with Crippen LogP contribution < -0.4 is 11.2 Å². The van der Waals surface area contributed by atoms with Crippen molar-refractivity contribution in [1.29, 1.82) is 0 Å². The number of hydrogen-bond donors (Lipinski definition) is 1. The summed E-state index contributed by atoms with van der Waals surface area (Å²) in [6, 6.07) is 5.57. The van der Waals surface area contributed by atoms with Gasteiger partial charge in [0.15, 0.2) is 0 Å². The second-order valence-electron chi connectivity index (χ2n) is 4.51. The first-order valence-electron chi connectivity index (χ1n) is 6.07. The molecule has 0 atom stereocenters. The molecule has 1 N–H and O–H groups in total. The summed E-state index contributed by atoms with van der Waals surface area (Å²) in [5, 5.41) is 0.124. The van der Waals surface area contributed by atoms with Gasteiger partial charge >= 0.3 is 5.69 Å². The monoisotopic (exact) mass is 278 g/mol. The van der Waals surface area contributed by atoms with Crippen molar-refractivity contribution in [3.63, 3.8) is 0 Å². The smallest absolute Gasteiger partial charge is 0.297 e. The zero-order valence-corrected chi connectivity index (χ0v) is 11.8. The van der Waals surface area contributed by atoms with Gasteiger partial charge in [-0.1, -0.05) is 36.2 Å². The van der Waals surface area contributed by atoms with Crippen molar-refractivity contribution in [1.82, 2.24) is 9.55 Å². The first-order chi connectivity index (χ1) is 8.95. The van der Waals surface area contributed by atoms with E-state index < -0.39 is 5.69 Å². The molecule has 19 heavy (non-hydrogen) atoms. The summed E-state index contributed by atoms with van der Waals surface area (Å²) in [5.41, 5.74) is 2.08. The standard InChI is InChI=1S/C14H15ClN2O2/c1-4-10-12(15)16-14(19)17(13(10)18)11-6-5-8(2)7-9(11)3/h5-7H,4H2,1-3H3,(H,16,19). The van der Waals surface area contributed by atoms with Gasteiger partial charge in [-0.3, -0.25) is 9.78 Å². The van der Waals surface area contributed by atoms with Crippen molar-refractivity contribution >= 4 is 11.6 Å². The van der Waals surface area contributed by atoms with Gasteiger partial charge in [0.2, 0.25) is 0 Å². The number of rotatable bonds is 2. The number of nitrogens with zero attached hydrogens (tertiary/aromatic N) is 1. The molecule has 100 valence electrons. The highest BCUT2D eigenvalue weighted by Crippen LogP contribution is 2.14. The van der Waals surface area contributed by atoms with E-state index in [9.17, 15) is 9.59 Å². The number of H-pyrrole nitrogens is 1. The molecule has 2 aromatic rings. The number of aromatic amines is 1. The lowest BCUT2D eigenvalue weighted by molar-refractivity contribution is 0.836. The molecule has 0 amide bonds. The molecule has 0 bridgehead atoms. The van der Waals surface area contributed by atoms with Crippen molar-refractivity contribution in [3.8, 4) is 5.69 Å². The minimum atomic E-state index is -0.515. The van der Waals surface area contributed by atoms with Gasteiger partial charge in [0.05, 0.1) is 11.3 Å². The molecule has 0 aliphatic rings. The molecular weight excluding hydrogens is 264 g/mol. The highest BCUT2D eigenvalue weighted by atomic mass is 35.5. The molecule has 0 radical (unpaired) electrons. The van der Waals surface area contributed by atoms with Gasteiger partial charge in [0.1, 0.15) is 5.15 Å². The normalized spacial score (nSPS) is 10.7. The van der Waals surface area contributed by atoms with E-state index in [-0.39, 0.29) is 10.7 Å². The van der Waals surface area contributed by atoms with E-state index in [4.69, 9.17) is 11.6 Å². The topological polar surface area (TPSA) is 54.9 Å². The minimum absolute atomic E-state index is 0.124. The first kappa shape index (κ1) is 13.6. The van der Waals surface area contributed by atoms with Crippen LogP contribution in [-0.2, 0) is 6.42 Å². The first-order valence-corrected chi connectivity index (χ1v) is 6.44. The second kappa shape index (κ2) is 5.05. The minimum Gasteiger partial charge on any atom is -0.297 e. The summed E-state index contributed by atoms with van der Waals surface area (Å²) in [6.07, 6.45) is 0.472. The Labute approximate surface area is 115 Å². The largest absolute Gasteiger partial charge is 0.334 e. The van der Waals surface area contributed by atoms with Crippen molar-refractivity contribution in [2.45, 2.75) is 27.2 Å². The molecule has 0 spiro atoms. The van der Waals surface area contributed by atoms with E-state index in [2.05, 4.69) is 4.98 Å². The Morgan fingerprint density at radius 3 is 2.53 bits per heavy atom. The van der Waals surface area contributed by atoms with Gasteiger partial charge in [-0.15, -0.1) is 0 Å².